The molecule has 1 aromatic carbocycles. The van der Waals surface area contributed by atoms with Crippen LogP contribution < -0.4 is 5.73 Å². The van der Waals surface area contributed by atoms with Crippen LogP contribution in [-0.4, -0.2) is 36.9 Å². The molecule has 0 spiro atoms. The molecule has 0 unspecified atom stereocenters. The van der Waals surface area contributed by atoms with Crippen molar-refractivity contribution >= 4 is 15.5 Å². The molecule has 0 amide bonds. The maximum Gasteiger partial charge on any atom is 0.156 e. The van der Waals surface area contributed by atoms with E-state index < -0.39 is 14.6 Å². The molecule has 1 aromatic rings. The molecule has 0 saturated heterocycles. The lowest BCUT2D eigenvalue weighted by atomic mass is 10.2. The Bertz CT molecular complexity index is 533. The summed E-state index contributed by atoms with van der Waals surface area (Å²) in [6.07, 6.45) is 0. The Kier molecular flexibility index (Phi) is 5.59. The van der Waals surface area contributed by atoms with E-state index in [4.69, 9.17) is 5.73 Å². The fourth-order valence-electron chi connectivity index (χ4n) is 1.85. The second kappa shape index (κ2) is 6.59. The van der Waals surface area contributed by atoms with Crippen LogP contribution in [0, 0.1) is 0 Å². The molecular weight excluding hydrogens is 272 g/mol. The first-order valence-corrected chi connectivity index (χ1v) is 8.60. The molecule has 0 heterocycles. The molecule has 114 valence electrons. The standard InChI is InChI=1S/C15H26N2O2S/c1-5-17(9-10-20(18,19)15(2,3)4)12-13-7-6-8-14(16)11-13/h6-8,11H,5,9-10,12,16H2,1-4H3. The molecule has 0 bridgehead atoms. The first kappa shape index (κ1) is 17.0. The van der Waals surface area contributed by atoms with Gasteiger partial charge in [0.15, 0.2) is 9.84 Å². The SMILES string of the molecule is CCN(CCS(=O)(=O)C(C)(C)C)Cc1cccc(N)c1. The zero-order valence-corrected chi connectivity index (χ0v) is 13.7. The van der Waals surface area contributed by atoms with Crippen LogP contribution in [0.25, 0.3) is 0 Å². The molecule has 2 N–H and O–H groups in total. The number of sulfone groups is 1. The summed E-state index contributed by atoms with van der Waals surface area (Å²) in [7, 11) is -3.07. The summed E-state index contributed by atoms with van der Waals surface area (Å²) in [6, 6.07) is 7.71. The normalized spacial score (nSPS) is 12.8. The highest BCUT2D eigenvalue weighted by Gasteiger charge is 2.28. The van der Waals surface area contributed by atoms with Gasteiger partial charge in [0.05, 0.1) is 10.5 Å². The first-order chi connectivity index (χ1) is 9.15. The second-order valence-electron chi connectivity index (χ2n) is 6.05. The van der Waals surface area contributed by atoms with E-state index in [-0.39, 0.29) is 5.75 Å². The van der Waals surface area contributed by atoms with Gasteiger partial charge >= 0.3 is 0 Å². The van der Waals surface area contributed by atoms with Gasteiger partial charge in [0.1, 0.15) is 0 Å². The fraction of sp³-hybridized carbons (Fsp3) is 0.600. The third-order valence-corrected chi connectivity index (χ3v) is 6.00. The van der Waals surface area contributed by atoms with Crippen LogP contribution in [0.2, 0.25) is 0 Å². The van der Waals surface area contributed by atoms with Gasteiger partial charge in [-0.25, -0.2) is 8.42 Å². The smallest absolute Gasteiger partial charge is 0.156 e. The minimum atomic E-state index is -3.07. The van der Waals surface area contributed by atoms with E-state index in [1.165, 1.54) is 0 Å². The van der Waals surface area contributed by atoms with Crippen LogP contribution in [0.15, 0.2) is 24.3 Å². The Balaban J connectivity index is 2.65. The van der Waals surface area contributed by atoms with Crippen molar-refractivity contribution in [2.75, 3.05) is 24.6 Å². The minimum absolute atomic E-state index is 0.187. The topological polar surface area (TPSA) is 63.4 Å². The van der Waals surface area contributed by atoms with Crippen LogP contribution in [0.5, 0.6) is 0 Å². The molecule has 0 fully saturated rings. The van der Waals surface area contributed by atoms with Crippen LogP contribution >= 0.6 is 0 Å². The summed E-state index contributed by atoms with van der Waals surface area (Å²) in [5.74, 6) is 0.187. The molecule has 0 saturated carbocycles. The molecule has 0 aromatic heterocycles. The van der Waals surface area contributed by atoms with Gasteiger partial charge in [-0.05, 0) is 45.0 Å². The zero-order chi connectivity index (χ0) is 15.4. The Morgan fingerprint density at radius 3 is 2.40 bits per heavy atom. The number of nitrogens with two attached hydrogens (primary N) is 1. The van der Waals surface area contributed by atoms with Gasteiger partial charge in [-0.2, -0.15) is 0 Å². The third kappa shape index (κ3) is 4.80. The molecule has 0 aliphatic heterocycles. The summed E-state index contributed by atoms with van der Waals surface area (Å²) >= 11 is 0. The van der Waals surface area contributed by atoms with Crippen molar-refractivity contribution in [2.24, 2.45) is 0 Å². The monoisotopic (exact) mass is 298 g/mol. The number of nitrogen functional groups attached to an aromatic ring is 1. The van der Waals surface area contributed by atoms with Gasteiger partial charge in [-0.3, -0.25) is 4.90 Å². The summed E-state index contributed by atoms with van der Waals surface area (Å²) in [5, 5.41) is 0. The van der Waals surface area contributed by atoms with Crippen molar-refractivity contribution in [3.63, 3.8) is 0 Å². The average Bonchev–Trinajstić information content (AvgIpc) is 2.33. The Hall–Kier alpha value is -1.07. The lowest BCUT2D eigenvalue weighted by Crippen LogP contribution is -2.36. The zero-order valence-electron chi connectivity index (χ0n) is 12.9. The van der Waals surface area contributed by atoms with Crippen LogP contribution in [0.3, 0.4) is 0 Å². The van der Waals surface area contributed by atoms with Crippen molar-refractivity contribution in [2.45, 2.75) is 39.0 Å². The van der Waals surface area contributed by atoms with Gasteiger partial charge in [0, 0.05) is 18.8 Å². The lowest BCUT2D eigenvalue weighted by molar-refractivity contribution is 0.296. The molecule has 20 heavy (non-hydrogen) atoms. The van der Waals surface area contributed by atoms with Crippen LogP contribution in [-0.2, 0) is 16.4 Å². The highest BCUT2D eigenvalue weighted by molar-refractivity contribution is 7.92. The molecule has 4 nitrogen and oxygen atoms in total. The van der Waals surface area contributed by atoms with Gasteiger partial charge in [-0.15, -0.1) is 0 Å². The van der Waals surface area contributed by atoms with Crippen LogP contribution in [0.4, 0.5) is 5.69 Å². The summed E-state index contributed by atoms with van der Waals surface area (Å²) in [4.78, 5) is 2.12. The Morgan fingerprint density at radius 1 is 1.25 bits per heavy atom. The van der Waals surface area contributed by atoms with Crippen molar-refractivity contribution in [3.8, 4) is 0 Å². The van der Waals surface area contributed by atoms with Crippen molar-refractivity contribution in [1.82, 2.24) is 4.90 Å². The highest BCUT2D eigenvalue weighted by atomic mass is 32.2. The number of anilines is 1. The molecule has 5 heteroatoms. The Morgan fingerprint density at radius 2 is 1.90 bits per heavy atom. The van der Waals surface area contributed by atoms with Crippen molar-refractivity contribution in [1.29, 1.82) is 0 Å². The minimum Gasteiger partial charge on any atom is -0.399 e. The number of hydrogen-bond donors (Lipinski definition) is 1. The average molecular weight is 298 g/mol. The molecule has 1 rings (SSSR count). The summed E-state index contributed by atoms with van der Waals surface area (Å²) in [5.41, 5.74) is 7.61. The number of hydrogen-bond acceptors (Lipinski definition) is 4. The molecule has 0 aliphatic rings. The number of benzene rings is 1. The van der Waals surface area contributed by atoms with Crippen molar-refractivity contribution < 1.29 is 8.42 Å². The third-order valence-electron chi connectivity index (χ3n) is 3.41. The predicted octanol–water partition coefficient (Wildman–Crippen LogP) is 2.30. The van der Waals surface area contributed by atoms with E-state index in [2.05, 4.69) is 4.90 Å². The van der Waals surface area contributed by atoms with E-state index >= 15 is 0 Å². The largest absolute Gasteiger partial charge is 0.399 e. The maximum absolute atomic E-state index is 12.1. The Labute approximate surface area is 122 Å². The van der Waals surface area contributed by atoms with Gasteiger partial charge in [-0.1, -0.05) is 19.1 Å². The van der Waals surface area contributed by atoms with E-state index in [1.807, 2.05) is 31.2 Å². The first-order valence-electron chi connectivity index (χ1n) is 6.95. The quantitative estimate of drug-likeness (QED) is 0.819. The van der Waals surface area contributed by atoms with E-state index in [9.17, 15) is 8.42 Å². The summed E-state index contributed by atoms with van der Waals surface area (Å²) in [6.45, 7) is 9.36. The number of rotatable bonds is 6. The maximum atomic E-state index is 12.1. The number of nitrogens with zero attached hydrogens (tertiary/aromatic N) is 1. The second-order valence-corrected chi connectivity index (χ2v) is 8.91. The predicted molar refractivity (Wildman–Crippen MR) is 85.3 cm³/mol. The molecular formula is C15H26N2O2S. The van der Waals surface area contributed by atoms with E-state index in [0.717, 1.165) is 24.3 Å². The fourth-order valence-corrected chi connectivity index (χ4v) is 2.97. The lowest BCUT2D eigenvalue weighted by Gasteiger charge is -2.24. The molecule has 0 aliphatic carbocycles. The van der Waals surface area contributed by atoms with E-state index in [0.29, 0.717) is 6.54 Å². The van der Waals surface area contributed by atoms with Gasteiger partial charge in [0.25, 0.3) is 0 Å². The van der Waals surface area contributed by atoms with E-state index in [1.54, 1.807) is 20.8 Å². The molecule has 0 radical (unpaired) electrons. The highest BCUT2D eigenvalue weighted by Crippen LogP contribution is 2.16. The summed E-state index contributed by atoms with van der Waals surface area (Å²) < 4.78 is 23.6. The van der Waals surface area contributed by atoms with Gasteiger partial charge in [0.2, 0.25) is 0 Å². The van der Waals surface area contributed by atoms with Gasteiger partial charge < -0.3 is 5.73 Å². The van der Waals surface area contributed by atoms with Crippen molar-refractivity contribution in [3.05, 3.63) is 29.8 Å². The molecule has 0 atom stereocenters. The van der Waals surface area contributed by atoms with Crippen LogP contribution in [0.1, 0.15) is 33.3 Å².